The predicted octanol–water partition coefficient (Wildman–Crippen LogP) is 6.34. The average molecular weight is 443 g/mol. The fraction of sp³-hybridized carbons (Fsp3) is 0.741. The molecule has 0 radical (unpaired) electrons. The number of nitrogens with one attached hydrogen (secondary N) is 1. The fourth-order valence-electron chi connectivity index (χ4n) is 7.73. The van der Waals surface area contributed by atoms with Gasteiger partial charge < -0.3 is 14.8 Å². The summed E-state index contributed by atoms with van der Waals surface area (Å²) in [5.41, 5.74) is 2.15. The van der Waals surface area contributed by atoms with E-state index >= 15 is 0 Å². The van der Waals surface area contributed by atoms with Crippen LogP contribution in [-0.4, -0.2) is 30.5 Å². The summed E-state index contributed by atoms with van der Waals surface area (Å²) in [7, 11) is 0. The minimum Gasteiger partial charge on any atom is -0.383 e. The lowest BCUT2D eigenvalue weighted by Crippen LogP contribution is -2.62. The van der Waals surface area contributed by atoms with E-state index in [1.54, 1.807) is 12.3 Å². The maximum atomic E-state index is 14.0. The van der Waals surface area contributed by atoms with E-state index in [9.17, 15) is 4.39 Å². The number of aromatic nitrogens is 1. The van der Waals surface area contributed by atoms with Gasteiger partial charge in [0, 0.05) is 24.1 Å². The molecule has 1 unspecified atom stereocenters. The third-order valence-corrected chi connectivity index (χ3v) is 9.48. The molecule has 1 aliphatic heterocycles. The van der Waals surface area contributed by atoms with Gasteiger partial charge in [-0.3, -0.25) is 4.98 Å². The van der Waals surface area contributed by atoms with Crippen molar-refractivity contribution in [3.8, 4) is 0 Å². The molecule has 4 fully saturated rings. The lowest BCUT2D eigenvalue weighted by molar-refractivity contribution is -0.316. The monoisotopic (exact) mass is 442 g/mol. The highest BCUT2D eigenvalue weighted by molar-refractivity contribution is 5.42. The standard InChI is InChI=1S/C27H39FN2O2/c1-18-8-9-23-26(2,20(18)11-15-30-22-12-14-29-16-21(22)28)13-10-24-27(23,3)17-31-25(32-24)19-6-4-5-7-19/h12,14,16,19-20,23-25H,1,4-11,13,15,17H2,2-3H3,(H,29,30)/t20-,23?,24-,25-,26+,27+/m1/s1. The summed E-state index contributed by atoms with van der Waals surface area (Å²) in [6, 6.07) is 1.71. The lowest BCUT2D eigenvalue weighted by atomic mass is 9.46. The molecule has 5 rings (SSSR count). The number of pyridine rings is 1. The van der Waals surface area contributed by atoms with Gasteiger partial charge in [-0.15, -0.1) is 0 Å². The molecule has 3 aliphatic carbocycles. The molecular formula is C27H39FN2O2. The minimum absolute atomic E-state index is 0.00809. The van der Waals surface area contributed by atoms with Crippen molar-refractivity contribution in [3.05, 3.63) is 36.4 Å². The predicted molar refractivity (Wildman–Crippen MR) is 125 cm³/mol. The van der Waals surface area contributed by atoms with Crippen molar-refractivity contribution in [2.75, 3.05) is 18.5 Å². The summed E-state index contributed by atoms with van der Waals surface area (Å²) in [4.78, 5) is 3.84. The van der Waals surface area contributed by atoms with Gasteiger partial charge in [0.2, 0.25) is 0 Å². The van der Waals surface area contributed by atoms with Crippen molar-refractivity contribution in [1.82, 2.24) is 4.98 Å². The molecule has 1 aromatic rings. The maximum absolute atomic E-state index is 14.0. The zero-order valence-corrected chi connectivity index (χ0v) is 19.7. The van der Waals surface area contributed by atoms with Gasteiger partial charge in [-0.05, 0) is 68.3 Å². The van der Waals surface area contributed by atoms with Crippen molar-refractivity contribution in [3.63, 3.8) is 0 Å². The number of allylic oxidation sites excluding steroid dienone is 1. The summed E-state index contributed by atoms with van der Waals surface area (Å²) in [6.45, 7) is 10.9. The number of ether oxygens (including phenoxy) is 2. The highest BCUT2D eigenvalue weighted by atomic mass is 19.1. The van der Waals surface area contributed by atoms with E-state index in [0.717, 1.165) is 32.4 Å². The molecule has 0 bridgehead atoms. The normalized spacial score (nSPS) is 40.0. The van der Waals surface area contributed by atoms with E-state index in [2.05, 4.69) is 30.7 Å². The van der Waals surface area contributed by atoms with Crippen molar-refractivity contribution in [2.24, 2.45) is 28.6 Å². The van der Waals surface area contributed by atoms with E-state index in [1.165, 1.54) is 50.3 Å². The van der Waals surface area contributed by atoms with Crippen LogP contribution in [0.25, 0.3) is 0 Å². The smallest absolute Gasteiger partial charge is 0.164 e. The van der Waals surface area contributed by atoms with E-state index in [1.807, 2.05) is 0 Å². The zero-order chi connectivity index (χ0) is 22.3. The fourth-order valence-corrected chi connectivity index (χ4v) is 7.73. The Hall–Kier alpha value is -1.46. The molecule has 4 aliphatic rings. The number of halogens is 1. The summed E-state index contributed by atoms with van der Waals surface area (Å²) < 4.78 is 27.1. The van der Waals surface area contributed by atoms with E-state index in [-0.39, 0.29) is 22.9 Å². The molecule has 3 saturated carbocycles. The average Bonchev–Trinajstić information content (AvgIpc) is 3.31. The molecule has 1 N–H and O–H groups in total. The number of hydrogen-bond acceptors (Lipinski definition) is 4. The van der Waals surface area contributed by atoms with Gasteiger partial charge in [0.1, 0.15) is 0 Å². The van der Waals surface area contributed by atoms with Gasteiger partial charge in [0.15, 0.2) is 12.1 Å². The van der Waals surface area contributed by atoms with E-state index < -0.39 is 0 Å². The second-order valence-corrected chi connectivity index (χ2v) is 11.3. The molecule has 32 heavy (non-hydrogen) atoms. The van der Waals surface area contributed by atoms with Crippen molar-refractivity contribution in [2.45, 2.75) is 84.0 Å². The van der Waals surface area contributed by atoms with Crippen LogP contribution in [0, 0.1) is 34.4 Å². The first kappa shape index (κ1) is 22.3. The van der Waals surface area contributed by atoms with Crippen LogP contribution in [0.3, 0.4) is 0 Å². The van der Waals surface area contributed by atoms with E-state index in [0.29, 0.717) is 29.5 Å². The highest BCUT2D eigenvalue weighted by Gasteiger charge is 2.60. The highest BCUT2D eigenvalue weighted by Crippen LogP contribution is 2.63. The van der Waals surface area contributed by atoms with Crippen LogP contribution in [-0.2, 0) is 9.47 Å². The summed E-state index contributed by atoms with van der Waals surface area (Å²) >= 11 is 0. The second kappa shape index (κ2) is 8.72. The lowest BCUT2D eigenvalue weighted by Gasteiger charge is -2.63. The van der Waals surface area contributed by atoms with E-state index in [4.69, 9.17) is 9.47 Å². The summed E-state index contributed by atoms with van der Waals surface area (Å²) in [6.07, 6.45) is 13.8. The Morgan fingerprint density at radius 3 is 2.78 bits per heavy atom. The van der Waals surface area contributed by atoms with Crippen LogP contribution in [0.4, 0.5) is 10.1 Å². The van der Waals surface area contributed by atoms with Crippen LogP contribution in [0.15, 0.2) is 30.6 Å². The molecule has 0 aromatic carbocycles. The van der Waals surface area contributed by atoms with Gasteiger partial charge in [0.25, 0.3) is 0 Å². The van der Waals surface area contributed by atoms with Crippen LogP contribution in [0.2, 0.25) is 0 Å². The Kier molecular flexibility index (Phi) is 6.08. The van der Waals surface area contributed by atoms with Crippen LogP contribution in [0.1, 0.15) is 71.6 Å². The SMILES string of the molecule is C=C1CCC2[C@]3(C)CO[C@@H](C4CCCC4)O[C@@H]3CC[C@@]2(C)[C@@H]1CCNc1ccncc1F. The quantitative estimate of drug-likeness (QED) is 0.540. The van der Waals surface area contributed by atoms with Crippen molar-refractivity contribution < 1.29 is 13.9 Å². The van der Waals surface area contributed by atoms with Gasteiger partial charge in [0.05, 0.1) is 24.6 Å². The zero-order valence-electron chi connectivity index (χ0n) is 19.7. The first-order chi connectivity index (χ1) is 15.4. The molecule has 6 atom stereocenters. The van der Waals surface area contributed by atoms with Gasteiger partial charge in [-0.25, -0.2) is 4.39 Å². The molecule has 2 heterocycles. The second-order valence-electron chi connectivity index (χ2n) is 11.3. The number of fused-ring (bicyclic) bond motifs is 3. The molecule has 1 aromatic heterocycles. The Bertz CT molecular complexity index is 841. The van der Waals surface area contributed by atoms with Crippen LogP contribution in [0.5, 0.6) is 0 Å². The number of nitrogens with zero attached hydrogens (tertiary/aromatic N) is 1. The topological polar surface area (TPSA) is 43.4 Å². The summed E-state index contributed by atoms with van der Waals surface area (Å²) in [5, 5.41) is 3.29. The molecule has 0 amide bonds. The molecule has 1 saturated heterocycles. The number of hydrogen-bond donors (Lipinski definition) is 1. The van der Waals surface area contributed by atoms with Crippen molar-refractivity contribution >= 4 is 5.69 Å². The third kappa shape index (κ3) is 3.79. The van der Waals surface area contributed by atoms with Gasteiger partial charge in [-0.2, -0.15) is 0 Å². The number of anilines is 1. The Morgan fingerprint density at radius 2 is 2.00 bits per heavy atom. The van der Waals surface area contributed by atoms with Gasteiger partial charge >= 0.3 is 0 Å². The Labute approximate surface area is 192 Å². The molecule has 0 spiro atoms. The minimum atomic E-state index is -0.291. The van der Waals surface area contributed by atoms with Gasteiger partial charge in [-0.1, -0.05) is 38.8 Å². The maximum Gasteiger partial charge on any atom is 0.164 e. The van der Waals surface area contributed by atoms with Crippen molar-refractivity contribution in [1.29, 1.82) is 0 Å². The molecular weight excluding hydrogens is 403 g/mol. The molecule has 4 nitrogen and oxygen atoms in total. The largest absolute Gasteiger partial charge is 0.383 e. The van der Waals surface area contributed by atoms with Crippen LogP contribution < -0.4 is 5.32 Å². The Morgan fingerprint density at radius 1 is 1.19 bits per heavy atom. The molecule has 5 heteroatoms. The summed E-state index contributed by atoms with van der Waals surface area (Å²) in [5.74, 6) is 1.29. The Balaban J connectivity index is 1.29. The first-order valence-corrected chi connectivity index (χ1v) is 12.7. The third-order valence-electron chi connectivity index (χ3n) is 9.48. The first-order valence-electron chi connectivity index (χ1n) is 12.7. The number of rotatable bonds is 5. The van der Waals surface area contributed by atoms with Crippen LogP contribution >= 0.6 is 0 Å². The molecule has 176 valence electrons.